The van der Waals surface area contributed by atoms with Crippen LogP contribution in [0, 0.1) is 0 Å². The fourth-order valence-corrected chi connectivity index (χ4v) is 3.49. The number of ketones is 1. The van der Waals surface area contributed by atoms with Gasteiger partial charge in [-0.15, -0.1) is 0 Å². The molecule has 0 aromatic heterocycles. The number of carbonyl (C=O) groups excluding carboxylic acids is 1. The molecule has 0 radical (unpaired) electrons. The van der Waals surface area contributed by atoms with Gasteiger partial charge >= 0.3 is 0 Å². The molecule has 0 bridgehead atoms. The maximum Gasteiger partial charge on any atom is 0.159 e. The Kier molecular flexibility index (Phi) is 6.26. The Hall–Kier alpha value is -2.21. The molecule has 1 fully saturated rings. The van der Waals surface area contributed by atoms with Gasteiger partial charge in [-0.05, 0) is 37.5 Å². The molecule has 5 heteroatoms. The molecule has 1 aliphatic rings. The number of carbonyl (C=O) groups is 1. The number of nitrogens with zero attached hydrogens (tertiary/aromatic N) is 1. The van der Waals surface area contributed by atoms with E-state index in [0.29, 0.717) is 30.7 Å². The number of hydrogen-bond donors (Lipinski definition) is 2. The number of piperidine rings is 1. The smallest absolute Gasteiger partial charge is 0.159 e. The minimum absolute atomic E-state index is 0.0137. The maximum atomic E-state index is 11.4. The molecule has 144 valence electrons. The number of ether oxygens (including phenoxy) is 1. The van der Waals surface area contributed by atoms with E-state index >= 15 is 0 Å². The Balaban J connectivity index is 1.46. The zero-order chi connectivity index (χ0) is 19.3. The molecule has 0 amide bonds. The van der Waals surface area contributed by atoms with E-state index < -0.39 is 11.7 Å². The molecule has 0 spiro atoms. The molecule has 27 heavy (non-hydrogen) atoms. The number of aliphatic hydroxyl groups is 2. The first-order chi connectivity index (χ1) is 13.0. The van der Waals surface area contributed by atoms with Gasteiger partial charge in [0.25, 0.3) is 0 Å². The first-order valence-corrected chi connectivity index (χ1v) is 9.38. The van der Waals surface area contributed by atoms with Crippen LogP contribution in [0.3, 0.4) is 0 Å². The lowest BCUT2D eigenvalue weighted by atomic mass is 9.84. The molecule has 1 atom stereocenters. The highest BCUT2D eigenvalue weighted by Gasteiger charge is 2.34. The number of likely N-dealkylation sites (tertiary alicyclic amines) is 1. The average Bonchev–Trinajstić information content (AvgIpc) is 2.69. The van der Waals surface area contributed by atoms with E-state index in [9.17, 15) is 15.0 Å². The topological polar surface area (TPSA) is 70.0 Å². The third-order valence-electron chi connectivity index (χ3n) is 5.15. The Morgan fingerprint density at radius 2 is 1.85 bits per heavy atom. The van der Waals surface area contributed by atoms with E-state index in [1.807, 2.05) is 30.3 Å². The van der Waals surface area contributed by atoms with Gasteiger partial charge in [-0.3, -0.25) is 4.79 Å². The minimum atomic E-state index is -0.785. The van der Waals surface area contributed by atoms with Gasteiger partial charge in [-0.25, -0.2) is 0 Å². The van der Waals surface area contributed by atoms with Gasteiger partial charge in [0.1, 0.15) is 18.5 Å². The summed E-state index contributed by atoms with van der Waals surface area (Å²) in [5, 5.41) is 21.2. The molecule has 5 nitrogen and oxygen atoms in total. The van der Waals surface area contributed by atoms with Gasteiger partial charge < -0.3 is 19.8 Å². The van der Waals surface area contributed by atoms with E-state index in [0.717, 1.165) is 18.7 Å². The number of β-amino-alcohol motifs (C(OH)–C–C–N with tert-alkyl or cyclic N) is 1. The maximum absolute atomic E-state index is 11.4. The van der Waals surface area contributed by atoms with Crippen molar-refractivity contribution < 1.29 is 19.7 Å². The second-order valence-electron chi connectivity index (χ2n) is 7.25. The summed E-state index contributed by atoms with van der Waals surface area (Å²) in [6, 6.07) is 16.8. The first-order valence-electron chi connectivity index (χ1n) is 9.38. The van der Waals surface area contributed by atoms with Crippen molar-refractivity contribution in [1.82, 2.24) is 4.90 Å². The molecule has 0 saturated carbocycles. The summed E-state index contributed by atoms with van der Waals surface area (Å²) in [5.74, 6) is 0.569. The van der Waals surface area contributed by atoms with E-state index in [1.54, 1.807) is 24.3 Å². The monoisotopic (exact) mass is 369 g/mol. The van der Waals surface area contributed by atoms with E-state index in [1.165, 1.54) is 6.92 Å². The molecule has 1 unspecified atom stereocenters. The van der Waals surface area contributed by atoms with Crippen LogP contribution < -0.4 is 4.74 Å². The van der Waals surface area contributed by atoms with Crippen LogP contribution in [0.25, 0.3) is 0 Å². The third-order valence-corrected chi connectivity index (χ3v) is 5.15. The van der Waals surface area contributed by atoms with Crippen LogP contribution in [-0.4, -0.2) is 53.2 Å². The van der Waals surface area contributed by atoms with Crippen molar-refractivity contribution in [3.63, 3.8) is 0 Å². The van der Waals surface area contributed by atoms with Crippen LogP contribution in [-0.2, 0) is 5.60 Å². The van der Waals surface area contributed by atoms with E-state index in [-0.39, 0.29) is 12.4 Å². The number of aliphatic hydroxyl groups excluding tert-OH is 1. The highest BCUT2D eigenvalue weighted by atomic mass is 16.5. The Labute approximate surface area is 160 Å². The summed E-state index contributed by atoms with van der Waals surface area (Å²) in [6.07, 6.45) is 0.658. The predicted octanol–water partition coefficient (Wildman–Crippen LogP) is 2.61. The summed E-state index contributed by atoms with van der Waals surface area (Å²) >= 11 is 0. The molecule has 1 aliphatic heterocycles. The number of Topliss-reactive ketones (excluding diaryl/α,β-unsaturated/α-hetero) is 1. The van der Waals surface area contributed by atoms with Gasteiger partial charge in [0, 0.05) is 25.2 Å². The van der Waals surface area contributed by atoms with Crippen molar-refractivity contribution in [2.24, 2.45) is 0 Å². The Morgan fingerprint density at radius 1 is 1.15 bits per heavy atom. The van der Waals surface area contributed by atoms with Crippen LogP contribution in [0.2, 0.25) is 0 Å². The lowest BCUT2D eigenvalue weighted by Crippen LogP contribution is -2.46. The normalized spacial score (nSPS) is 18.0. The standard InChI is InChI=1S/C22H27NO4/c1-17(24)18-6-5-9-21(14-18)27-16-20(25)15-23-12-10-22(26,11-13-23)19-7-3-2-4-8-19/h2-9,14,20,25-26H,10-13,15-16H2,1H3. The lowest BCUT2D eigenvalue weighted by Gasteiger charge is -2.39. The average molecular weight is 369 g/mol. The second kappa shape index (κ2) is 8.65. The van der Waals surface area contributed by atoms with Gasteiger partial charge in [0.2, 0.25) is 0 Å². The third kappa shape index (κ3) is 5.16. The van der Waals surface area contributed by atoms with Gasteiger partial charge in [0.15, 0.2) is 5.78 Å². The zero-order valence-corrected chi connectivity index (χ0v) is 15.7. The predicted molar refractivity (Wildman–Crippen MR) is 104 cm³/mol. The second-order valence-corrected chi connectivity index (χ2v) is 7.25. The molecule has 2 aromatic rings. The first kappa shape index (κ1) is 19.5. The summed E-state index contributed by atoms with van der Waals surface area (Å²) in [4.78, 5) is 13.6. The van der Waals surface area contributed by atoms with Crippen molar-refractivity contribution in [2.45, 2.75) is 31.5 Å². The van der Waals surface area contributed by atoms with Crippen molar-refractivity contribution in [3.05, 3.63) is 65.7 Å². The fraction of sp³-hybridized carbons (Fsp3) is 0.409. The van der Waals surface area contributed by atoms with Crippen molar-refractivity contribution >= 4 is 5.78 Å². The van der Waals surface area contributed by atoms with E-state index in [4.69, 9.17) is 4.74 Å². The van der Waals surface area contributed by atoms with Crippen LogP contribution in [0.5, 0.6) is 5.75 Å². The molecule has 1 heterocycles. The summed E-state index contributed by atoms with van der Waals surface area (Å²) in [5.41, 5.74) is 0.767. The van der Waals surface area contributed by atoms with Gasteiger partial charge in [0.05, 0.1) is 5.60 Å². The summed E-state index contributed by atoms with van der Waals surface area (Å²) in [6.45, 7) is 3.63. The number of benzene rings is 2. The van der Waals surface area contributed by atoms with Crippen molar-refractivity contribution in [1.29, 1.82) is 0 Å². The SMILES string of the molecule is CC(=O)c1cccc(OCC(O)CN2CCC(O)(c3ccccc3)CC2)c1. The van der Waals surface area contributed by atoms with Crippen LogP contribution in [0.15, 0.2) is 54.6 Å². The molecule has 3 rings (SSSR count). The van der Waals surface area contributed by atoms with Crippen LogP contribution >= 0.6 is 0 Å². The molecule has 2 N–H and O–H groups in total. The fourth-order valence-electron chi connectivity index (χ4n) is 3.49. The molecular weight excluding hydrogens is 342 g/mol. The van der Waals surface area contributed by atoms with Crippen LogP contribution in [0.1, 0.15) is 35.7 Å². The Morgan fingerprint density at radius 3 is 2.52 bits per heavy atom. The highest BCUT2D eigenvalue weighted by Crippen LogP contribution is 2.32. The van der Waals surface area contributed by atoms with Crippen molar-refractivity contribution in [3.8, 4) is 5.75 Å². The molecule has 1 saturated heterocycles. The lowest BCUT2D eigenvalue weighted by molar-refractivity contribution is -0.0372. The van der Waals surface area contributed by atoms with Gasteiger partial charge in [-0.1, -0.05) is 42.5 Å². The number of hydrogen-bond acceptors (Lipinski definition) is 5. The molecule has 0 aliphatic carbocycles. The Bertz CT molecular complexity index is 754. The highest BCUT2D eigenvalue weighted by molar-refractivity contribution is 5.94. The van der Waals surface area contributed by atoms with Gasteiger partial charge in [-0.2, -0.15) is 0 Å². The van der Waals surface area contributed by atoms with Crippen LogP contribution in [0.4, 0.5) is 0 Å². The molecule has 2 aromatic carbocycles. The van der Waals surface area contributed by atoms with Crippen molar-refractivity contribution in [2.75, 3.05) is 26.2 Å². The zero-order valence-electron chi connectivity index (χ0n) is 15.7. The minimum Gasteiger partial charge on any atom is -0.491 e. The summed E-state index contributed by atoms with van der Waals surface area (Å²) < 4.78 is 5.63. The largest absolute Gasteiger partial charge is 0.491 e. The number of rotatable bonds is 7. The van der Waals surface area contributed by atoms with E-state index in [2.05, 4.69) is 4.90 Å². The molecular formula is C22H27NO4. The quantitative estimate of drug-likeness (QED) is 0.734. The summed E-state index contributed by atoms with van der Waals surface area (Å²) in [7, 11) is 0.